The summed E-state index contributed by atoms with van der Waals surface area (Å²) in [6.07, 6.45) is 2.76. The Morgan fingerprint density at radius 3 is 2.49 bits per heavy atom. The van der Waals surface area contributed by atoms with Crippen molar-refractivity contribution in [3.8, 4) is 10.6 Å². The molecule has 188 valence electrons. The lowest BCUT2D eigenvalue weighted by atomic mass is 10.1. The summed E-state index contributed by atoms with van der Waals surface area (Å²) in [5.74, 6) is -1.03. The number of hydrogen-bond acceptors (Lipinski definition) is 8. The number of hydrogen-bond donors (Lipinski definition) is 2. The monoisotopic (exact) mass is 553 g/mol. The highest BCUT2D eigenvalue weighted by Gasteiger charge is 2.31. The zero-order valence-corrected chi connectivity index (χ0v) is 21.7. The molecule has 37 heavy (non-hydrogen) atoms. The molecule has 2 amide bonds. The second kappa shape index (κ2) is 9.21. The summed E-state index contributed by atoms with van der Waals surface area (Å²) in [5, 5.41) is 6.03. The number of anilines is 1. The van der Waals surface area contributed by atoms with Crippen LogP contribution in [0.15, 0.2) is 87.6 Å². The second-order valence-corrected chi connectivity index (χ2v) is 13.3. The Bertz CT molecular complexity index is 1780. The largest absolute Gasteiger partial charge is 0.347 e. The van der Waals surface area contributed by atoms with Gasteiger partial charge in [0.15, 0.2) is 9.84 Å². The fourth-order valence-electron chi connectivity index (χ4n) is 3.84. The van der Waals surface area contributed by atoms with E-state index in [-0.39, 0.29) is 38.0 Å². The maximum atomic E-state index is 13.1. The van der Waals surface area contributed by atoms with E-state index in [1.54, 1.807) is 30.5 Å². The van der Waals surface area contributed by atoms with E-state index in [4.69, 9.17) is 0 Å². The van der Waals surface area contributed by atoms with E-state index in [1.165, 1.54) is 53.8 Å². The molecular weight excluding hydrogens is 534 g/mol. The van der Waals surface area contributed by atoms with Gasteiger partial charge in [0.25, 0.3) is 11.8 Å². The zero-order chi connectivity index (χ0) is 26.4. The summed E-state index contributed by atoms with van der Waals surface area (Å²) >= 11 is 1.34. The Morgan fingerprint density at radius 2 is 1.76 bits per heavy atom. The summed E-state index contributed by atoms with van der Waals surface area (Å²) in [7, 11) is -7.25. The quantitative estimate of drug-likeness (QED) is 0.385. The van der Waals surface area contributed by atoms with E-state index in [9.17, 15) is 26.4 Å². The number of nitrogens with zero attached hydrogens (tertiary/aromatic N) is 1. The van der Waals surface area contributed by atoms with Crippen molar-refractivity contribution in [3.05, 3.63) is 88.9 Å². The fraction of sp³-hybridized carbons (Fsp3) is 0.0800. The van der Waals surface area contributed by atoms with Gasteiger partial charge in [-0.25, -0.2) is 21.8 Å². The smallest absolute Gasteiger partial charge is 0.257 e. The van der Waals surface area contributed by atoms with Gasteiger partial charge in [-0.05, 0) is 42.5 Å². The van der Waals surface area contributed by atoms with Gasteiger partial charge < -0.3 is 10.6 Å². The van der Waals surface area contributed by atoms with Gasteiger partial charge in [0, 0.05) is 28.5 Å². The van der Waals surface area contributed by atoms with E-state index in [1.807, 2.05) is 0 Å². The number of rotatable bonds is 5. The van der Waals surface area contributed by atoms with Crippen molar-refractivity contribution in [1.82, 2.24) is 10.3 Å². The highest BCUT2D eigenvalue weighted by atomic mass is 32.2. The first kappa shape index (κ1) is 24.8. The van der Waals surface area contributed by atoms with Crippen molar-refractivity contribution in [2.45, 2.75) is 21.2 Å². The lowest BCUT2D eigenvalue weighted by molar-refractivity contribution is 0.0949. The molecule has 5 rings (SSSR count). The van der Waals surface area contributed by atoms with E-state index >= 15 is 0 Å². The minimum absolute atomic E-state index is 0.0338. The predicted molar refractivity (Wildman–Crippen MR) is 138 cm³/mol. The van der Waals surface area contributed by atoms with Crippen molar-refractivity contribution in [1.29, 1.82) is 0 Å². The van der Waals surface area contributed by atoms with Crippen LogP contribution in [0.4, 0.5) is 5.69 Å². The maximum Gasteiger partial charge on any atom is 0.257 e. The Labute approximate surface area is 217 Å². The van der Waals surface area contributed by atoms with Gasteiger partial charge in [0.2, 0.25) is 9.84 Å². The molecule has 3 aromatic carbocycles. The van der Waals surface area contributed by atoms with Crippen molar-refractivity contribution >= 4 is 48.5 Å². The van der Waals surface area contributed by atoms with Crippen LogP contribution in [0.2, 0.25) is 0 Å². The molecule has 9 nitrogen and oxygen atoms in total. The number of carbonyl (C=O) groups is 2. The highest BCUT2D eigenvalue weighted by molar-refractivity contribution is 7.91. The minimum atomic E-state index is -3.96. The number of fused-ring (bicyclic) bond motifs is 2. The Balaban J connectivity index is 1.32. The average molecular weight is 554 g/mol. The van der Waals surface area contributed by atoms with Crippen molar-refractivity contribution < 1.29 is 26.4 Å². The summed E-state index contributed by atoms with van der Waals surface area (Å²) in [5.41, 5.74) is 1.00. The number of benzene rings is 3. The topological polar surface area (TPSA) is 139 Å². The van der Waals surface area contributed by atoms with Gasteiger partial charge in [0.1, 0.15) is 5.01 Å². The van der Waals surface area contributed by atoms with Gasteiger partial charge in [0.05, 0.1) is 32.5 Å². The molecule has 0 saturated heterocycles. The average Bonchev–Trinajstić information content (AvgIpc) is 3.33. The van der Waals surface area contributed by atoms with Crippen molar-refractivity contribution in [3.63, 3.8) is 0 Å². The number of sulfone groups is 2. The molecule has 1 aromatic heterocycles. The first-order valence-corrected chi connectivity index (χ1v) is 15.1. The third kappa shape index (κ3) is 4.78. The molecule has 2 heterocycles. The molecule has 1 aliphatic rings. The fourth-order valence-corrected chi connectivity index (χ4v) is 6.92. The number of carbonyl (C=O) groups excluding carboxylic acids is 2. The van der Waals surface area contributed by atoms with Crippen LogP contribution in [-0.2, 0) is 26.2 Å². The van der Waals surface area contributed by atoms with E-state index in [2.05, 4.69) is 15.6 Å². The highest BCUT2D eigenvalue weighted by Crippen LogP contribution is 2.34. The number of amides is 2. The molecule has 4 aromatic rings. The molecule has 0 aliphatic carbocycles. The molecule has 1 aliphatic heterocycles. The van der Waals surface area contributed by atoms with Crippen LogP contribution in [0.1, 0.15) is 25.6 Å². The summed E-state index contributed by atoms with van der Waals surface area (Å²) in [6, 6.07) is 16.4. The molecule has 0 spiro atoms. The predicted octanol–water partition coefficient (Wildman–Crippen LogP) is 3.54. The maximum absolute atomic E-state index is 13.1. The molecule has 0 unspecified atom stereocenters. The molecule has 0 fully saturated rings. The van der Waals surface area contributed by atoms with Gasteiger partial charge in [-0.3, -0.25) is 9.59 Å². The molecule has 0 radical (unpaired) electrons. The summed E-state index contributed by atoms with van der Waals surface area (Å²) in [6.45, 7) is 0.172. The summed E-state index contributed by atoms with van der Waals surface area (Å²) < 4.78 is 49.5. The molecule has 2 N–H and O–H groups in total. The van der Waals surface area contributed by atoms with Crippen molar-refractivity contribution in [2.75, 3.05) is 11.6 Å². The first-order valence-electron chi connectivity index (χ1n) is 10.9. The second-order valence-electron chi connectivity index (χ2n) is 8.28. The van der Waals surface area contributed by atoms with Gasteiger partial charge in [-0.15, -0.1) is 11.3 Å². The normalized spacial score (nSPS) is 14.1. The van der Waals surface area contributed by atoms with Crippen LogP contribution in [0, 0.1) is 0 Å². The van der Waals surface area contributed by atoms with E-state index in [0.29, 0.717) is 5.01 Å². The SMILES string of the molecule is CS(=O)(=O)c1ccc(-c2ncc(CNC(=O)c3ccc4c(c3)NC(=O)c3ccccc3S4(=O)=O)s2)cc1. The Kier molecular flexibility index (Phi) is 6.18. The van der Waals surface area contributed by atoms with Crippen molar-refractivity contribution in [2.24, 2.45) is 0 Å². The summed E-state index contributed by atoms with van der Waals surface area (Å²) in [4.78, 5) is 30.6. The Morgan fingerprint density at radius 1 is 1.03 bits per heavy atom. The number of thiazole rings is 1. The van der Waals surface area contributed by atoms with Gasteiger partial charge in [-0.2, -0.15) is 0 Å². The van der Waals surface area contributed by atoms with Crippen LogP contribution < -0.4 is 10.6 Å². The van der Waals surface area contributed by atoms with Gasteiger partial charge in [-0.1, -0.05) is 24.3 Å². The van der Waals surface area contributed by atoms with Crippen LogP contribution >= 0.6 is 11.3 Å². The van der Waals surface area contributed by atoms with Crippen LogP contribution in [-0.4, -0.2) is 39.9 Å². The molecule has 0 saturated carbocycles. The first-order chi connectivity index (χ1) is 17.5. The standard InChI is InChI=1S/C25H19N3O6S3/c1-36(31,32)18-9-6-15(7-10-18)25-27-14-17(35-25)13-26-23(29)16-8-11-22-20(12-16)28-24(30)19-4-2-3-5-21(19)37(22,33)34/h2-12,14H,13H2,1H3,(H,26,29)(H,28,30). The zero-order valence-electron chi connectivity index (χ0n) is 19.3. The van der Waals surface area contributed by atoms with Gasteiger partial charge >= 0.3 is 0 Å². The Hall–Kier alpha value is -3.87. The molecule has 12 heteroatoms. The van der Waals surface area contributed by atoms with Crippen LogP contribution in [0.3, 0.4) is 0 Å². The van der Waals surface area contributed by atoms with E-state index in [0.717, 1.165) is 16.7 Å². The lowest BCUT2D eigenvalue weighted by Crippen LogP contribution is -2.22. The van der Waals surface area contributed by atoms with E-state index < -0.39 is 31.5 Å². The van der Waals surface area contributed by atoms with Crippen LogP contribution in [0.5, 0.6) is 0 Å². The molecule has 0 bridgehead atoms. The third-order valence-electron chi connectivity index (χ3n) is 5.71. The molecular formula is C25H19N3O6S3. The number of aromatic nitrogens is 1. The third-order valence-corrected chi connectivity index (χ3v) is 9.75. The van der Waals surface area contributed by atoms with Crippen LogP contribution in [0.25, 0.3) is 10.6 Å². The lowest BCUT2D eigenvalue weighted by Gasteiger charge is -2.10. The number of nitrogens with one attached hydrogen (secondary N) is 2. The molecule has 0 atom stereocenters. The minimum Gasteiger partial charge on any atom is -0.347 e.